The molecule has 2 heterocycles. The summed E-state index contributed by atoms with van der Waals surface area (Å²) in [6, 6.07) is 11.1. The summed E-state index contributed by atoms with van der Waals surface area (Å²) >= 11 is 0. The third-order valence-corrected chi connectivity index (χ3v) is 14.4. The topological polar surface area (TPSA) is 231 Å². The number of aliphatic hydroxyl groups excluding tert-OH is 2. The molecule has 3 saturated carbocycles. The minimum absolute atomic E-state index is 0.0530. The minimum Gasteiger partial charge on any atom is -0.457 e. The fraction of sp³-hybridized carbons (Fsp3) is 0.468. The molecule has 344 valence electrons. The molecule has 4 fully saturated rings. The number of carbonyl (C=O) groups is 6. The molecule has 16 nitrogen and oxygen atoms in total. The van der Waals surface area contributed by atoms with Gasteiger partial charge >= 0.3 is 5.78 Å². The van der Waals surface area contributed by atoms with Gasteiger partial charge in [0.1, 0.15) is 36.4 Å². The molecule has 2 aromatic carbocycles. The number of alkyl halides is 2. The number of nitrogens with one attached hydrogen (secondary N) is 3. The van der Waals surface area contributed by atoms with E-state index < -0.39 is 113 Å². The molecule has 0 unspecified atom stereocenters. The van der Waals surface area contributed by atoms with Gasteiger partial charge in [0, 0.05) is 65.3 Å². The normalized spacial score (nSPS) is 34.1. The first-order chi connectivity index (χ1) is 30.7. The number of Topliss-reactive ketones (excluding diaryl/α,β-unsaturated/α-hetero) is 1. The van der Waals surface area contributed by atoms with Crippen LogP contribution in [0.15, 0.2) is 84.5 Å². The number of nitrogens with zero attached hydrogens (tertiary/aromatic N) is 1. The lowest BCUT2D eigenvalue weighted by atomic mass is 9.44. The highest BCUT2D eigenvalue weighted by Gasteiger charge is 2.80. The molecule has 2 aromatic rings. The van der Waals surface area contributed by atoms with Crippen molar-refractivity contribution in [3.8, 4) is 11.5 Å². The number of carbonyl (C=O) groups excluding carboxylic acids is 7. The van der Waals surface area contributed by atoms with Crippen LogP contribution in [0.25, 0.3) is 0 Å². The maximum absolute atomic E-state index is 17.7. The van der Waals surface area contributed by atoms with E-state index in [1.807, 2.05) is 0 Å². The molecule has 0 aromatic heterocycles. The van der Waals surface area contributed by atoms with E-state index in [0.717, 1.165) is 17.1 Å². The molecule has 0 spiro atoms. The van der Waals surface area contributed by atoms with Crippen molar-refractivity contribution in [3.63, 3.8) is 0 Å². The lowest BCUT2D eigenvalue weighted by Crippen LogP contribution is -2.70. The quantitative estimate of drug-likeness (QED) is 0.145. The fourth-order valence-electron chi connectivity index (χ4n) is 11.1. The molecule has 4 aliphatic carbocycles. The van der Waals surface area contributed by atoms with Crippen molar-refractivity contribution >= 4 is 46.8 Å². The van der Waals surface area contributed by atoms with Crippen LogP contribution in [-0.2, 0) is 38.2 Å². The smallest absolute Gasteiger partial charge is 0.339 e. The summed E-state index contributed by atoms with van der Waals surface area (Å²) in [4.78, 5) is 86.2. The lowest BCUT2D eigenvalue weighted by Gasteiger charge is -2.63. The second-order valence-electron chi connectivity index (χ2n) is 18.1. The number of anilines is 1. The van der Waals surface area contributed by atoms with Gasteiger partial charge in [-0.15, -0.1) is 0 Å². The van der Waals surface area contributed by atoms with Crippen molar-refractivity contribution in [3.05, 3.63) is 90.0 Å². The standard InChI is InChI=1S/C47H50F2N4O12/c1-24(50-38(58)16-18-53-39(59)13-14-40(53)60)41(61)51-25(2)42(62)52-27-7-11-30(12-8-27)63-29-9-5-26(6-10-29)43-64-37-21-31-32-20-34(48)33-19-28(55)15-17-44(33,3)46(32,49)35(56)22-45(31,4)47(37,65-43)36(57)23-54/h5-15,17,19,24-25,31-32,34-35,37,43,54,56H,16,18,20-23H2,1-4H3,(H,50,58)(H,51,61)(H,52,62)/p+1/t24-,25-,31-,32-,34-,35-,37+,43+,44-,45-,46-,47+/m0/s1. The number of allylic oxidation sites excluding steroid dienone is 4. The molecule has 65 heavy (non-hydrogen) atoms. The molecule has 1 saturated heterocycles. The molecule has 0 bridgehead atoms. The zero-order valence-electron chi connectivity index (χ0n) is 36.1. The van der Waals surface area contributed by atoms with Crippen molar-refractivity contribution in [2.75, 3.05) is 18.5 Å². The van der Waals surface area contributed by atoms with Crippen LogP contribution in [0.1, 0.15) is 65.2 Å². The van der Waals surface area contributed by atoms with Gasteiger partial charge in [-0.2, -0.15) is 0 Å². The van der Waals surface area contributed by atoms with Crippen molar-refractivity contribution in [2.24, 2.45) is 22.7 Å². The molecule has 5 amide bonds. The zero-order chi connectivity index (χ0) is 46.8. The van der Waals surface area contributed by atoms with Crippen molar-refractivity contribution in [1.29, 1.82) is 0 Å². The van der Waals surface area contributed by atoms with Gasteiger partial charge in [-0.1, -0.05) is 25.1 Å². The van der Waals surface area contributed by atoms with Gasteiger partial charge in [0.05, 0.1) is 12.2 Å². The summed E-state index contributed by atoms with van der Waals surface area (Å²) in [5, 5.41) is 29.8. The Morgan fingerprint density at radius 2 is 1.55 bits per heavy atom. The predicted molar refractivity (Wildman–Crippen MR) is 227 cm³/mol. The minimum atomic E-state index is -2.34. The predicted octanol–water partition coefficient (Wildman–Crippen LogP) is 3.36. The van der Waals surface area contributed by atoms with Crippen molar-refractivity contribution in [2.45, 2.75) is 101 Å². The highest BCUT2D eigenvalue weighted by atomic mass is 19.1. The summed E-state index contributed by atoms with van der Waals surface area (Å²) in [6.07, 6.45) is 0.280. The Bertz CT molecular complexity index is 2410. The third kappa shape index (κ3) is 7.49. The number of ether oxygens (including phenoxy) is 3. The Kier molecular flexibility index (Phi) is 11.8. The first kappa shape index (κ1) is 45.6. The molecule has 6 aliphatic rings. The van der Waals surface area contributed by atoms with Crippen LogP contribution < -0.4 is 20.7 Å². The molecule has 18 heteroatoms. The average molecular weight is 902 g/mol. The van der Waals surface area contributed by atoms with Crippen LogP contribution in [0.5, 0.6) is 11.5 Å². The number of hydrogen-bond acceptors (Lipinski definition) is 11. The SMILES string of the molecule is C[C@H](NC(=O)CCN1C(=O)C=CC1=O)C(=O)N[C@@H](C)C(=O)Nc1ccc(Oc2ccc([C@@H]3O[C@@H]4C[C@H]5[C@@H]6C[C@H](F)C7=CC(=[OH+])C=C[C@]7(C)[C@@]6(F)[C@@H](O)C[C@]5(C)[C@]4(C(=O)CO)O3)cc2)cc1. The second kappa shape index (κ2) is 16.8. The van der Waals surface area contributed by atoms with Crippen LogP contribution in [0, 0.1) is 22.7 Å². The summed E-state index contributed by atoms with van der Waals surface area (Å²) in [7, 11) is 0. The second-order valence-corrected chi connectivity index (χ2v) is 18.1. The zero-order valence-corrected chi connectivity index (χ0v) is 36.1. The van der Waals surface area contributed by atoms with E-state index in [4.69, 9.17) is 14.2 Å². The van der Waals surface area contributed by atoms with E-state index in [9.17, 15) is 43.8 Å². The molecule has 2 aliphatic heterocycles. The number of imide groups is 1. The third-order valence-electron chi connectivity index (χ3n) is 14.4. The van der Waals surface area contributed by atoms with E-state index in [0.29, 0.717) is 22.7 Å². The number of halogens is 2. The largest absolute Gasteiger partial charge is 0.457 e. The van der Waals surface area contributed by atoms with E-state index in [-0.39, 0.29) is 43.6 Å². The maximum atomic E-state index is 17.7. The van der Waals surface area contributed by atoms with Crippen molar-refractivity contribution in [1.82, 2.24) is 15.5 Å². The number of rotatable bonds is 13. The molecular weight excluding hydrogens is 851 g/mol. The summed E-state index contributed by atoms with van der Waals surface area (Å²) in [6.45, 7) is 5.12. The van der Waals surface area contributed by atoms with Crippen LogP contribution >= 0.6 is 0 Å². The van der Waals surface area contributed by atoms with Crippen LogP contribution in [0.3, 0.4) is 0 Å². The first-order valence-electron chi connectivity index (χ1n) is 21.5. The summed E-state index contributed by atoms with van der Waals surface area (Å²) < 4.78 is 52.7. The first-order valence-corrected chi connectivity index (χ1v) is 21.5. The van der Waals surface area contributed by atoms with Gasteiger partial charge in [-0.05, 0) is 87.9 Å². The fourth-order valence-corrected chi connectivity index (χ4v) is 11.1. The number of aliphatic hydroxyl groups is 2. The maximum Gasteiger partial charge on any atom is 0.339 e. The van der Waals surface area contributed by atoms with Gasteiger partial charge < -0.3 is 40.4 Å². The van der Waals surface area contributed by atoms with E-state index >= 15 is 8.78 Å². The molecule has 6 N–H and O–H groups in total. The van der Waals surface area contributed by atoms with Crippen molar-refractivity contribution < 1.29 is 66.8 Å². The average Bonchev–Trinajstić information content (AvgIpc) is 3.90. The Morgan fingerprint density at radius 3 is 2.20 bits per heavy atom. The van der Waals surface area contributed by atoms with Gasteiger partial charge in [-0.25, -0.2) is 8.78 Å². The number of fused-ring (bicyclic) bond motifs is 7. The highest BCUT2D eigenvalue weighted by molar-refractivity contribution is 6.13. The number of ketones is 2. The monoisotopic (exact) mass is 901 g/mol. The Balaban J connectivity index is 0.866. The number of benzene rings is 2. The van der Waals surface area contributed by atoms with E-state index in [1.54, 1.807) is 55.5 Å². The van der Waals surface area contributed by atoms with Crippen LogP contribution in [-0.4, -0.2) is 116 Å². The highest BCUT2D eigenvalue weighted by Crippen LogP contribution is 2.72. The summed E-state index contributed by atoms with van der Waals surface area (Å²) in [5.74, 6) is -4.52. The Hall–Kier alpha value is -5.95. The number of amides is 5. The Morgan fingerprint density at radius 1 is 0.923 bits per heavy atom. The lowest BCUT2D eigenvalue weighted by molar-refractivity contribution is -0.235. The Labute approximate surface area is 372 Å². The van der Waals surface area contributed by atoms with Crippen LogP contribution in [0.2, 0.25) is 0 Å². The molecule has 0 radical (unpaired) electrons. The van der Waals surface area contributed by atoms with E-state index in [1.165, 1.54) is 39.0 Å². The number of hydrogen-bond donors (Lipinski definition) is 5. The molecular formula is C47H51F2N4O12+. The summed E-state index contributed by atoms with van der Waals surface area (Å²) in [5.41, 5.74) is -5.96. The molecule has 8 rings (SSSR count). The van der Waals surface area contributed by atoms with Gasteiger partial charge in [0.15, 0.2) is 23.3 Å². The van der Waals surface area contributed by atoms with Crippen LogP contribution in [0.4, 0.5) is 14.5 Å². The van der Waals surface area contributed by atoms with Gasteiger partial charge in [-0.3, -0.25) is 38.5 Å². The van der Waals surface area contributed by atoms with Gasteiger partial charge in [0.25, 0.3) is 11.8 Å². The van der Waals surface area contributed by atoms with Gasteiger partial charge in [0.2, 0.25) is 17.7 Å². The van der Waals surface area contributed by atoms with E-state index in [2.05, 4.69) is 16.0 Å². The molecule has 12 atom stereocenters.